The molecule has 0 aromatic heterocycles. The van der Waals surface area contributed by atoms with Crippen LogP contribution in [0, 0.1) is 0 Å². The monoisotopic (exact) mass is 469 g/mol. The minimum Gasteiger partial charge on any atom is -0.497 e. The first-order valence-electron chi connectivity index (χ1n) is 9.81. The zero-order valence-electron chi connectivity index (χ0n) is 18.2. The molecule has 0 radical (unpaired) electrons. The summed E-state index contributed by atoms with van der Waals surface area (Å²) in [6.07, 6.45) is -5.29. The summed E-state index contributed by atoms with van der Waals surface area (Å²) in [5, 5.41) is 1.96. The first-order valence-corrected chi connectivity index (χ1v) is 10.8. The molecule has 1 N–H and O–H groups in total. The lowest BCUT2D eigenvalue weighted by molar-refractivity contribution is -0.115. The molecule has 0 aliphatic rings. The van der Waals surface area contributed by atoms with Crippen molar-refractivity contribution in [1.82, 2.24) is 5.32 Å². The van der Waals surface area contributed by atoms with Crippen LogP contribution in [0.25, 0.3) is 0 Å². The van der Waals surface area contributed by atoms with Gasteiger partial charge in [-0.05, 0) is 44.0 Å². The van der Waals surface area contributed by atoms with E-state index in [1.165, 1.54) is 7.11 Å². The number of ether oxygens (including phenoxy) is 2. The molecule has 0 fully saturated rings. The number of hydrogen-bond acceptors (Lipinski definition) is 5. The number of amides is 1. The van der Waals surface area contributed by atoms with Gasteiger partial charge in [-0.1, -0.05) is 54.2 Å². The molecule has 1 amide bonds. The third-order valence-electron chi connectivity index (χ3n) is 4.27. The summed E-state index contributed by atoms with van der Waals surface area (Å²) in [4.78, 5) is 25.6. The lowest BCUT2D eigenvalue weighted by atomic mass is 9.88. The van der Waals surface area contributed by atoms with Crippen LogP contribution < -0.4 is 10.1 Å². The maximum absolute atomic E-state index is 13.1. The summed E-state index contributed by atoms with van der Waals surface area (Å²) in [6.45, 7) is 5.07. The van der Waals surface area contributed by atoms with E-state index in [4.69, 9.17) is 9.47 Å². The van der Waals surface area contributed by atoms with Gasteiger partial charge in [0.2, 0.25) is 0 Å². The van der Waals surface area contributed by atoms with Gasteiger partial charge in [-0.3, -0.25) is 4.79 Å². The molecule has 0 spiro atoms. The summed E-state index contributed by atoms with van der Waals surface area (Å²) in [5.74, 6) is -1.89. The van der Waals surface area contributed by atoms with Crippen molar-refractivity contribution in [3.8, 4) is 5.75 Å². The fourth-order valence-corrected chi connectivity index (χ4v) is 3.73. The van der Waals surface area contributed by atoms with Gasteiger partial charge in [-0.25, -0.2) is 4.79 Å². The Morgan fingerprint density at radius 1 is 0.969 bits per heavy atom. The molecular weight excluding hydrogens is 443 g/mol. The van der Waals surface area contributed by atoms with E-state index < -0.39 is 40.7 Å². The van der Waals surface area contributed by atoms with Crippen LogP contribution in [-0.2, 0) is 9.53 Å². The Balaban J connectivity index is 2.48. The van der Waals surface area contributed by atoms with Gasteiger partial charge >= 0.3 is 12.3 Å². The fraction of sp³-hybridized carbons (Fsp3) is 0.391. The smallest absolute Gasteiger partial charge is 0.408 e. The molecule has 5 nitrogen and oxygen atoms in total. The highest BCUT2D eigenvalue weighted by Gasteiger charge is 2.37. The molecule has 0 unspecified atom stereocenters. The van der Waals surface area contributed by atoms with Crippen molar-refractivity contribution in [3.05, 3.63) is 65.7 Å². The Kier molecular flexibility index (Phi) is 8.60. The van der Waals surface area contributed by atoms with E-state index in [1.807, 2.05) is 0 Å². The van der Waals surface area contributed by atoms with Crippen molar-refractivity contribution in [1.29, 1.82) is 0 Å². The summed E-state index contributed by atoms with van der Waals surface area (Å²) >= 11 is 0.172. The summed E-state index contributed by atoms with van der Waals surface area (Å²) < 4.78 is 48.9. The van der Waals surface area contributed by atoms with Crippen LogP contribution in [0.5, 0.6) is 5.75 Å². The van der Waals surface area contributed by atoms with Crippen molar-refractivity contribution in [3.63, 3.8) is 0 Å². The zero-order chi connectivity index (χ0) is 23.9. The van der Waals surface area contributed by atoms with Gasteiger partial charge in [-0.2, -0.15) is 13.2 Å². The number of thioether (sulfide) groups is 1. The molecule has 2 aromatic rings. The van der Waals surface area contributed by atoms with Gasteiger partial charge in [0.25, 0.3) is 0 Å². The number of benzene rings is 2. The Bertz CT molecular complexity index is 896. The Morgan fingerprint density at radius 3 is 2.06 bits per heavy atom. The van der Waals surface area contributed by atoms with E-state index in [-0.39, 0.29) is 11.8 Å². The Hall–Kier alpha value is -2.68. The van der Waals surface area contributed by atoms with E-state index >= 15 is 0 Å². The Labute approximate surface area is 189 Å². The first-order chi connectivity index (χ1) is 14.9. The molecule has 0 aliphatic heterocycles. The Morgan fingerprint density at radius 2 is 1.56 bits per heavy atom. The highest BCUT2D eigenvalue weighted by molar-refractivity contribution is 8.13. The van der Waals surface area contributed by atoms with E-state index in [0.717, 1.165) is 0 Å². The van der Waals surface area contributed by atoms with Crippen molar-refractivity contribution in [2.24, 2.45) is 0 Å². The topological polar surface area (TPSA) is 64.6 Å². The highest BCUT2D eigenvalue weighted by Crippen LogP contribution is 2.37. The highest BCUT2D eigenvalue weighted by atomic mass is 32.2. The van der Waals surface area contributed by atoms with E-state index in [0.29, 0.717) is 16.9 Å². The third-order valence-corrected chi connectivity index (χ3v) is 5.28. The number of alkyl halides is 3. The van der Waals surface area contributed by atoms with Gasteiger partial charge in [0.15, 0.2) is 5.12 Å². The number of alkyl carbamates (subject to hydrolysis) is 1. The number of carbonyl (C=O) groups is 2. The third kappa shape index (κ3) is 8.11. The van der Waals surface area contributed by atoms with Crippen LogP contribution in [0.2, 0.25) is 0 Å². The fourth-order valence-electron chi connectivity index (χ4n) is 2.97. The molecule has 2 rings (SSSR count). The maximum atomic E-state index is 13.1. The molecule has 32 heavy (non-hydrogen) atoms. The second-order valence-corrected chi connectivity index (χ2v) is 8.99. The summed E-state index contributed by atoms with van der Waals surface area (Å²) in [7, 11) is 1.48. The zero-order valence-corrected chi connectivity index (χ0v) is 19.0. The second-order valence-electron chi connectivity index (χ2n) is 8.01. The largest absolute Gasteiger partial charge is 0.497 e. The molecule has 0 aliphatic carbocycles. The minimum atomic E-state index is -4.51. The number of methoxy groups -OCH3 is 1. The van der Waals surface area contributed by atoms with Gasteiger partial charge in [-0.15, -0.1) is 0 Å². The number of halogens is 3. The van der Waals surface area contributed by atoms with E-state index in [9.17, 15) is 22.8 Å². The second kappa shape index (κ2) is 10.8. The predicted molar refractivity (Wildman–Crippen MR) is 118 cm³/mol. The average Bonchev–Trinajstić information content (AvgIpc) is 2.71. The van der Waals surface area contributed by atoms with E-state index in [2.05, 4.69) is 5.32 Å². The van der Waals surface area contributed by atoms with Crippen LogP contribution in [0.3, 0.4) is 0 Å². The molecule has 0 bridgehead atoms. The van der Waals surface area contributed by atoms with Gasteiger partial charge < -0.3 is 14.8 Å². The predicted octanol–water partition coefficient (Wildman–Crippen LogP) is 5.87. The molecule has 174 valence electrons. The number of rotatable bonds is 7. The summed E-state index contributed by atoms with van der Waals surface area (Å²) in [5.41, 5.74) is 0.200. The lowest BCUT2D eigenvalue weighted by Gasteiger charge is -2.29. The van der Waals surface area contributed by atoms with Crippen molar-refractivity contribution < 1.29 is 32.2 Å². The van der Waals surface area contributed by atoms with Crippen molar-refractivity contribution >= 4 is 23.0 Å². The number of nitrogens with one attached hydrogen (secondary N) is 1. The molecule has 0 saturated heterocycles. The number of carbonyl (C=O) groups excluding carboxylic acids is 2. The quantitative estimate of drug-likeness (QED) is 0.550. The molecule has 0 heterocycles. The van der Waals surface area contributed by atoms with Gasteiger partial charge in [0, 0.05) is 0 Å². The first kappa shape index (κ1) is 25.6. The maximum Gasteiger partial charge on any atom is 0.408 e. The molecule has 2 atom stereocenters. The minimum absolute atomic E-state index is 0.172. The standard InChI is InChI=1S/C23H26F3NO4S/c1-22(2,3)31-21(29)27-19(16-8-6-5-7-9-16)18(20(28)32-14-23(24,25)26)15-10-12-17(30-4)13-11-15/h5-13,18-19H,14H2,1-4H3,(H,27,29)/t18-,19+/m1/s1. The molecular formula is C23H26F3NO4S. The van der Waals surface area contributed by atoms with Crippen LogP contribution in [0.4, 0.5) is 18.0 Å². The van der Waals surface area contributed by atoms with E-state index in [1.54, 1.807) is 75.4 Å². The van der Waals surface area contributed by atoms with Crippen molar-refractivity contribution in [2.75, 3.05) is 12.9 Å². The summed E-state index contributed by atoms with van der Waals surface area (Å²) in [6, 6.07) is 14.1. The average molecular weight is 470 g/mol. The van der Waals surface area contributed by atoms with Gasteiger partial charge in [0.05, 0.1) is 24.8 Å². The SMILES string of the molecule is COc1ccc([C@@H](C(=O)SCC(F)(F)F)[C@@H](NC(=O)OC(C)(C)C)c2ccccc2)cc1. The lowest BCUT2D eigenvalue weighted by Crippen LogP contribution is -2.39. The van der Waals surface area contributed by atoms with Gasteiger partial charge in [0.1, 0.15) is 11.4 Å². The van der Waals surface area contributed by atoms with Crippen molar-refractivity contribution in [2.45, 2.75) is 44.5 Å². The van der Waals surface area contributed by atoms with Crippen LogP contribution in [0.1, 0.15) is 43.9 Å². The molecule has 2 aromatic carbocycles. The molecule has 9 heteroatoms. The van der Waals surface area contributed by atoms with Crippen LogP contribution in [-0.4, -0.2) is 35.8 Å². The van der Waals surface area contributed by atoms with Crippen LogP contribution >= 0.6 is 11.8 Å². The van der Waals surface area contributed by atoms with Crippen LogP contribution in [0.15, 0.2) is 54.6 Å². The normalized spacial score (nSPS) is 13.7. The number of hydrogen-bond donors (Lipinski definition) is 1. The molecule has 0 saturated carbocycles.